The summed E-state index contributed by atoms with van der Waals surface area (Å²) in [6, 6.07) is 3.20. The lowest BCUT2D eigenvalue weighted by molar-refractivity contribution is -0.143. The Labute approximate surface area is 136 Å². The van der Waals surface area contributed by atoms with E-state index in [0.29, 0.717) is 30.1 Å². The Morgan fingerprint density at radius 3 is 2.86 bits per heavy atom. The molecule has 1 aliphatic rings. The van der Waals surface area contributed by atoms with Crippen LogP contribution in [0.25, 0.3) is 0 Å². The monoisotopic (exact) mass is 374 g/mol. The number of hydrogen-bond donors (Lipinski definition) is 2. The fourth-order valence-electron chi connectivity index (χ4n) is 2.30. The Morgan fingerprint density at radius 1 is 1.48 bits per heavy atom. The number of piperidine rings is 1. The van der Waals surface area contributed by atoms with Crippen molar-refractivity contribution in [3.8, 4) is 0 Å². The van der Waals surface area contributed by atoms with Crippen molar-refractivity contribution in [2.24, 2.45) is 5.92 Å². The minimum absolute atomic E-state index is 0.235. The highest BCUT2D eigenvalue weighted by atomic mass is 79.9. The lowest BCUT2D eigenvalue weighted by Crippen LogP contribution is -2.44. The molecule has 2 N–H and O–H groups in total. The van der Waals surface area contributed by atoms with E-state index in [1.54, 1.807) is 6.07 Å². The molecule has 1 saturated heterocycles. The lowest BCUT2D eigenvalue weighted by Gasteiger charge is -2.30. The van der Waals surface area contributed by atoms with Gasteiger partial charge in [-0.3, -0.25) is 4.79 Å². The third kappa shape index (κ3) is 3.89. The Hall–Kier alpha value is -1.27. The van der Waals surface area contributed by atoms with E-state index >= 15 is 0 Å². The van der Waals surface area contributed by atoms with Crippen molar-refractivity contribution in [1.29, 1.82) is 0 Å². The number of rotatable bonds is 2. The number of nitrogens with one attached hydrogen (secondary N) is 1. The van der Waals surface area contributed by atoms with Crippen LogP contribution in [0, 0.1) is 12.8 Å². The van der Waals surface area contributed by atoms with Crippen molar-refractivity contribution in [2.45, 2.75) is 19.8 Å². The number of aliphatic carboxylic acids is 1. The molecule has 0 aliphatic carbocycles. The van der Waals surface area contributed by atoms with Gasteiger partial charge < -0.3 is 15.3 Å². The number of likely N-dealkylation sites (tertiary alicyclic amines) is 1. The highest BCUT2D eigenvalue weighted by Gasteiger charge is 2.28. The van der Waals surface area contributed by atoms with Gasteiger partial charge in [0.1, 0.15) is 0 Å². The molecule has 1 aromatic carbocycles. The molecule has 1 aromatic rings. The standard InChI is InChI=1S/C14H16BrClN2O3/c1-8-5-10(15)12(6-11(8)16)17-14(21)18-4-2-3-9(7-18)13(19)20/h5-6,9H,2-4,7H2,1H3,(H,17,21)(H,19,20)/t9-/m1/s1. The molecule has 2 rings (SSSR count). The van der Waals surface area contributed by atoms with Crippen LogP contribution in [0.4, 0.5) is 10.5 Å². The van der Waals surface area contributed by atoms with Crippen molar-refractivity contribution in [3.63, 3.8) is 0 Å². The summed E-state index contributed by atoms with van der Waals surface area (Å²) in [5.41, 5.74) is 1.48. The normalized spacial score (nSPS) is 18.4. The van der Waals surface area contributed by atoms with E-state index in [1.165, 1.54) is 4.90 Å². The number of urea groups is 1. The SMILES string of the molecule is Cc1cc(Br)c(NC(=O)N2CCC[C@@H](C(=O)O)C2)cc1Cl. The average Bonchev–Trinajstić information content (AvgIpc) is 2.44. The maximum absolute atomic E-state index is 12.2. The van der Waals surface area contributed by atoms with Gasteiger partial charge in [0.15, 0.2) is 0 Å². The summed E-state index contributed by atoms with van der Waals surface area (Å²) >= 11 is 9.44. The zero-order valence-corrected chi connectivity index (χ0v) is 13.9. The van der Waals surface area contributed by atoms with E-state index in [9.17, 15) is 9.59 Å². The number of carbonyl (C=O) groups is 2. The molecule has 0 saturated carbocycles. The maximum Gasteiger partial charge on any atom is 0.321 e. The summed E-state index contributed by atoms with van der Waals surface area (Å²) < 4.78 is 0.740. The summed E-state index contributed by atoms with van der Waals surface area (Å²) in [5.74, 6) is -1.35. The number of halogens is 2. The predicted octanol–water partition coefficient (Wildman–Crippen LogP) is 3.74. The zero-order valence-electron chi connectivity index (χ0n) is 11.5. The number of nitrogens with zero attached hydrogens (tertiary/aromatic N) is 1. The van der Waals surface area contributed by atoms with Gasteiger partial charge in [-0.05, 0) is 53.4 Å². The number of hydrogen-bond acceptors (Lipinski definition) is 2. The van der Waals surface area contributed by atoms with Crippen molar-refractivity contribution in [1.82, 2.24) is 4.90 Å². The van der Waals surface area contributed by atoms with Crippen molar-refractivity contribution >= 4 is 45.2 Å². The van der Waals surface area contributed by atoms with Crippen LogP contribution in [-0.2, 0) is 4.79 Å². The van der Waals surface area contributed by atoms with Gasteiger partial charge in [-0.1, -0.05) is 11.6 Å². The first-order chi connectivity index (χ1) is 9.88. The molecular weight excluding hydrogens is 360 g/mol. The van der Waals surface area contributed by atoms with Crippen LogP contribution in [0.15, 0.2) is 16.6 Å². The molecule has 0 spiro atoms. The first kappa shape index (κ1) is 16.1. The second-order valence-electron chi connectivity index (χ2n) is 5.13. The fraction of sp³-hybridized carbons (Fsp3) is 0.429. The summed E-state index contributed by atoms with van der Waals surface area (Å²) in [6.45, 7) is 2.67. The molecular formula is C14H16BrClN2O3. The molecule has 21 heavy (non-hydrogen) atoms. The molecule has 1 heterocycles. The van der Waals surface area contributed by atoms with Gasteiger partial charge >= 0.3 is 12.0 Å². The van der Waals surface area contributed by atoms with Crippen LogP contribution < -0.4 is 5.32 Å². The van der Waals surface area contributed by atoms with Crippen LogP contribution in [0.2, 0.25) is 5.02 Å². The number of amides is 2. The second kappa shape index (κ2) is 6.66. The van der Waals surface area contributed by atoms with E-state index in [1.807, 2.05) is 13.0 Å². The van der Waals surface area contributed by atoms with Crippen molar-refractivity contribution in [3.05, 3.63) is 27.2 Å². The van der Waals surface area contributed by atoms with E-state index in [4.69, 9.17) is 16.7 Å². The highest BCUT2D eigenvalue weighted by Crippen LogP contribution is 2.29. The Balaban J connectivity index is 2.07. The van der Waals surface area contributed by atoms with Gasteiger partial charge in [0.2, 0.25) is 0 Å². The summed E-state index contributed by atoms with van der Waals surface area (Å²) in [6.07, 6.45) is 1.30. The van der Waals surface area contributed by atoms with Crippen LogP contribution in [-0.4, -0.2) is 35.1 Å². The van der Waals surface area contributed by atoms with Gasteiger partial charge in [0.25, 0.3) is 0 Å². The van der Waals surface area contributed by atoms with Gasteiger partial charge in [-0.15, -0.1) is 0 Å². The fourth-order valence-corrected chi connectivity index (χ4v) is 3.02. The summed E-state index contributed by atoms with van der Waals surface area (Å²) in [5, 5.41) is 12.4. The molecule has 0 bridgehead atoms. The van der Waals surface area contributed by atoms with Crippen LogP contribution >= 0.6 is 27.5 Å². The van der Waals surface area contributed by atoms with Crippen LogP contribution in [0.3, 0.4) is 0 Å². The van der Waals surface area contributed by atoms with Crippen molar-refractivity contribution < 1.29 is 14.7 Å². The third-order valence-corrected chi connectivity index (χ3v) is 4.61. The van der Waals surface area contributed by atoms with E-state index in [2.05, 4.69) is 21.2 Å². The molecule has 1 atom stereocenters. The number of benzene rings is 1. The topological polar surface area (TPSA) is 69.6 Å². The third-order valence-electron chi connectivity index (χ3n) is 3.55. The molecule has 7 heteroatoms. The van der Waals surface area contributed by atoms with Crippen LogP contribution in [0.5, 0.6) is 0 Å². The van der Waals surface area contributed by atoms with Crippen molar-refractivity contribution in [2.75, 3.05) is 18.4 Å². The Bertz CT molecular complexity index is 580. The Morgan fingerprint density at radius 2 is 2.19 bits per heavy atom. The summed E-state index contributed by atoms with van der Waals surface area (Å²) in [4.78, 5) is 24.8. The van der Waals surface area contributed by atoms with Gasteiger partial charge in [-0.25, -0.2) is 4.79 Å². The number of carbonyl (C=O) groups excluding carboxylic acids is 1. The maximum atomic E-state index is 12.2. The first-order valence-corrected chi connectivity index (χ1v) is 7.80. The second-order valence-corrected chi connectivity index (χ2v) is 6.40. The number of carboxylic acid groups (broad SMARTS) is 1. The van der Waals surface area contributed by atoms with E-state index < -0.39 is 11.9 Å². The molecule has 0 radical (unpaired) electrons. The highest BCUT2D eigenvalue weighted by molar-refractivity contribution is 9.10. The minimum atomic E-state index is -0.855. The van der Waals surface area contributed by atoms with Crippen LogP contribution in [0.1, 0.15) is 18.4 Å². The van der Waals surface area contributed by atoms with E-state index in [-0.39, 0.29) is 12.6 Å². The van der Waals surface area contributed by atoms with E-state index in [0.717, 1.165) is 10.0 Å². The molecule has 1 fully saturated rings. The van der Waals surface area contributed by atoms with Gasteiger partial charge in [0, 0.05) is 22.6 Å². The van der Waals surface area contributed by atoms with Gasteiger partial charge in [0.05, 0.1) is 11.6 Å². The number of aryl methyl sites for hydroxylation is 1. The van der Waals surface area contributed by atoms with Gasteiger partial charge in [-0.2, -0.15) is 0 Å². The molecule has 114 valence electrons. The molecule has 1 aliphatic heterocycles. The minimum Gasteiger partial charge on any atom is -0.481 e. The average molecular weight is 376 g/mol. The molecule has 2 amide bonds. The number of anilines is 1. The molecule has 5 nitrogen and oxygen atoms in total. The quantitative estimate of drug-likeness (QED) is 0.827. The largest absolute Gasteiger partial charge is 0.481 e. The molecule has 0 aromatic heterocycles. The Kier molecular flexibility index (Phi) is 5.11. The predicted molar refractivity (Wildman–Crippen MR) is 84.8 cm³/mol. The first-order valence-electron chi connectivity index (χ1n) is 6.63. The molecule has 0 unspecified atom stereocenters. The number of carboxylic acids is 1. The lowest BCUT2D eigenvalue weighted by atomic mass is 9.99. The zero-order chi connectivity index (χ0) is 15.6. The smallest absolute Gasteiger partial charge is 0.321 e. The summed E-state index contributed by atoms with van der Waals surface area (Å²) in [7, 11) is 0.